The maximum Gasteiger partial charge on any atom is 0.299 e. The van der Waals surface area contributed by atoms with Crippen molar-refractivity contribution < 1.29 is 13.6 Å². The minimum absolute atomic E-state index is 0.0891. The van der Waals surface area contributed by atoms with Crippen LogP contribution in [0.2, 0.25) is 0 Å². The van der Waals surface area contributed by atoms with E-state index >= 15 is 0 Å². The van der Waals surface area contributed by atoms with Crippen molar-refractivity contribution in [3.8, 4) is 0 Å². The van der Waals surface area contributed by atoms with Gasteiger partial charge >= 0.3 is 0 Å². The zero-order chi connectivity index (χ0) is 19.7. The monoisotopic (exact) mass is 391 g/mol. The van der Waals surface area contributed by atoms with Gasteiger partial charge in [-0.05, 0) is 31.2 Å². The van der Waals surface area contributed by atoms with Gasteiger partial charge in [0.05, 0.1) is 22.5 Å². The van der Waals surface area contributed by atoms with Crippen LogP contribution >= 0.6 is 0 Å². The number of hydrogen-bond donors (Lipinski definition) is 1. The third-order valence-electron chi connectivity index (χ3n) is 4.51. The largest absolute Gasteiger partial charge is 0.299 e. The molecular formula is C21H17N3O3S. The van der Waals surface area contributed by atoms with Crippen molar-refractivity contribution in [3.63, 3.8) is 0 Å². The topological polar surface area (TPSA) is 82.3 Å². The van der Waals surface area contributed by atoms with Crippen LogP contribution in [-0.2, 0) is 10.0 Å². The Labute approximate surface area is 163 Å². The lowest BCUT2D eigenvalue weighted by atomic mass is 9.92. The van der Waals surface area contributed by atoms with Crippen molar-refractivity contribution in [3.05, 3.63) is 95.7 Å². The average molecular weight is 391 g/mol. The second-order valence-corrected chi connectivity index (χ2v) is 7.96. The first kappa shape index (κ1) is 18.1. The number of para-hydroxylation sites is 2. The molecule has 140 valence electrons. The minimum atomic E-state index is -3.89. The molecule has 0 aliphatic carbocycles. The fourth-order valence-corrected chi connectivity index (χ4v) is 3.83. The van der Waals surface area contributed by atoms with Gasteiger partial charge in [0.15, 0.2) is 0 Å². The highest BCUT2D eigenvalue weighted by Crippen LogP contribution is 2.43. The number of nitrogens with zero attached hydrogens (tertiary/aromatic N) is 3. The molecule has 0 atom stereocenters. The number of rotatable bonds is 3. The molecule has 0 saturated carbocycles. The van der Waals surface area contributed by atoms with Crippen LogP contribution in [0.4, 0.5) is 11.4 Å². The Balaban J connectivity index is 1.77. The molecule has 3 aromatic rings. The van der Waals surface area contributed by atoms with Gasteiger partial charge in [-0.1, -0.05) is 58.6 Å². The lowest BCUT2D eigenvalue weighted by molar-refractivity contribution is 0.299. The van der Waals surface area contributed by atoms with Crippen molar-refractivity contribution >= 4 is 27.0 Å². The molecule has 0 spiro atoms. The van der Waals surface area contributed by atoms with Crippen molar-refractivity contribution in [2.75, 3.05) is 5.06 Å². The van der Waals surface area contributed by atoms with Gasteiger partial charge in [-0.25, -0.2) is 5.06 Å². The van der Waals surface area contributed by atoms with Crippen molar-refractivity contribution in [1.29, 1.82) is 0 Å². The molecule has 6 nitrogen and oxygen atoms in total. The van der Waals surface area contributed by atoms with Crippen LogP contribution < -0.4 is 5.06 Å². The maximum absolute atomic E-state index is 12.4. The number of anilines is 2. The summed E-state index contributed by atoms with van der Waals surface area (Å²) in [5.74, 6) is 0. The third-order valence-corrected chi connectivity index (χ3v) is 5.68. The van der Waals surface area contributed by atoms with E-state index in [2.05, 4.69) is 9.63 Å². The molecule has 0 unspecified atom stereocenters. The van der Waals surface area contributed by atoms with E-state index in [4.69, 9.17) is 0 Å². The normalized spacial score (nSPS) is 13.4. The molecule has 4 rings (SSSR count). The Hall–Kier alpha value is -3.29. The van der Waals surface area contributed by atoms with E-state index in [1.54, 1.807) is 24.3 Å². The summed E-state index contributed by atoms with van der Waals surface area (Å²) in [4.78, 5) is 0.0891. The van der Waals surface area contributed by atoms with Gasteiger partial charge < -0.3 is 0 Å². The van der Waals surface area contributed by atoms with Crippen molar-refractivity contribution in [2.24, 2.45) is 9.63 Å². The van der Waals surface area contributed by atoms with Crippen molar-refractivity contribution in [2.45, 2.75) is 11.8 Å². The summed E-state index contributed by atoms with van der Waals surface area (Å²) in [5.41, 5.74) is 4.28. The molecular weight excluding hydrogens is 374 g/mol. The molecule has 0 amide bonds. The average Bonchev–Trinajstić information content (AvgIpc) is 2.71. The van der Waals surface area contributed by atoms with E-state index in [1.807, 2.05) is 43.3 Å². The predicted octanol–water partition coefficient (Wildman–Crippen LogP) is 5.07. The molecule has 28 heavy (non-hydrogen) atoms. The summed E-state index contributed by atoms with van der Waals surface area (Å²) in [6.45, 7) is 1.88. The van der Waals surface area contributed by atoms with Crippen LogP contribution in [0.25, 0.3) is 5.57 Å². The van der Waals surface area contributed by atoms with E-state index in [1.165, 1.54) is 18.3 Å². The molecule has 1 aliphatic heterocycles. The van der Waals surface area contributed by atoms with Gasteiger partial charge in [-0.3, -0.25) is 5.21 Å². The number of benzene rings is 3. The molecule has 0 fully saturated rings. The third kappa shape index (κ3) is 3.21. The standard InChI is InChI=1S/C21H17N3O3S/c1-15-10-12-16(13-11-15)28(26,27)23-22-14-19-17-6-2-4-8-20(17)24(25)21-9-5-3-7-18(19)21/h2-14,25H,1H3. The number of fused-ring (bicyclic) bond motifs is 2. The summed E-state index contributed by atoms with van der Waals surface area (Å²) in [6.07, 6.45) is 1.41. The van der Waals surface area contributed by atoms with Gasteiger partial charge in [-0.15, -0.1) is 5.11 Å². The Bertz CT molecular complexity index is 1150. The van der Waals surface area contributed by atoms with E-state index in [9.17, 15) is 13.6 Å². The first-order chi connectivity index (χ1) is 13.5. The number of aryl methyl sites for hydroxylation is 1. The van der Waals surface area contributed by atoms with E-state index < -0.39 is 10.0 Å². The molecule has 0 aromatic heterocycles. The van der Waals surface area contributed by atoms with Gasteiger partial charge in [0.2, 0.25) is 0 Å². The molecule has 3 aromatic carbocycles. The van der Waals surface area contributed by atoms with Gasteiger partial charge in [0, 0.05) is 16.7 Å². The molecule has 7 heteroatoms. The smallest absolute Gasteiger partial charge is 0.283 e. The van der Waals surface area contributed by atoms with Crippen LogP contribution in [0, 0.1) is 6.92 Å². The maximum atomic E-state index is 12.4. The first-order valence-corrected chi connectivity index (χ1v) is 10.0. The number of hydrogen-bond acceptors (Lipinski definition) is 5. The molecule has 1 N–H and O–H groups in total. The lowest BCUT2D eigenvalue weighted by Gasteiger charge is -2.29. The Morgan fingerprint density at radius 2 is 1.39 bits per heavy atom. The van der Waals surface area contributed by atoms with Gasteiger partial charge in [0.25, 0.3) is 10.0 Å². The van der Waals surface area contributed by atoms with Crippen molar-refractivity contribution in [1.82, 2.24) is 0 Å². The summed E-state index contributed by atoms with van der Waals surface area (Å²) in [5, 5.41) is 15.5. The SMILES string of the molecule is Cc1ccc(S(=O)(=O)N=NC=C2c3ccccc3N(O)c3ccccc32)cc1. The lowest BCUT2D eigenvalue weighted by Crippen LogP contribution is -2.18. The molecule has 0 radical (unpaired) electrons. The second kappa shape index (κ2) is 7.03. The van der Waals surface area contributed by atoms with Crippen LogP contribution in [0.5, 0.6) is 0 Å². The highest BCUT2D eigenvalue weighted by molar-refractivity contribution is 7.90. The molecule has 0 bridgehead atoms. The van der Waals surface area contributed by atoms with E-state index in [-0.39, 0.29) is 4.90 Å². The van der Waals surface area contributed by atoms with Gasteiger partial charge in [-0.2, -0.15) is 8.42 Å². The minimum Gasteiger partial charge on any atom is -0.283 e. The predicted molar refractivity (Wildman–Crippen MR) is 107 cm³/mol. The molecule has 1 aliphatic rings. The molecule has 0 saturated heterocycles. The zero-order valence-electron chi connectivity index (χ0n) is 15.0. The highest BCUT2D eigenvalue weighted by atomic mass is 32.2. The summed E-state index contributed by atoms with van der Waals surface area (Å²) >= 11 is 0. The zero-order valence-corrected chi connectivity index (χ0v) is 15.8. The fraction of sp³-hybridized carbons (Fsp3) is 0.0476. The Morgan fingerprint density at radius 1 is 0.857 bits per heavy atom. The van der Waals surface area contributed by atoms with Crippen LogP contribution in [-0.4, -0.2) is 13.6 Å². The summed E-state index contributed by atoms with van der Waals surface area (Å²) < 4.78 is 28.3. The first-order valence-electron chi connectivity index (χ1n) is 8.59. The Kier molecular flexibility index (Phi) is 4.54. The highest BCUT2D eigenvalue weighted by Gasteiger charge is 2.25. The van der Waals surface area contributed by atoms with Crippen LogP contribution in [0.15, 0.2) is 93.5 Å². The summed E-state index contributed by atoms with van der Waals surface area (Å²) in [6, 6.07) is 21.0. The van der Waals surface area contributed by atoms with E-state index in [0.717, 1.165) is 21.8 Å². The quantitative estimate of drug-likeness (QED) is 0.632. The summed E-state index contributed by atoms with van der Waals surface area (Å²) in [7, 11) is -3.89. The fourth-order valence-electron chi connectivity index (χ4n) is 3.09. The Morgan fingerprint density at radius 3 is 1.96 bits per heavy atom. The van der Waals surface area contributed by atoms with Crippen LogP contribution in [0.1, 0.15) is 16.7 Å². The number of sulfonamides is 1. The van der Waals surface area contributed by atoms with Crippen LogP contribution in [0.3, 0.4) is 0 Å². The van der Waals surface area contributed by atoms with E-state index in [0.29, 0.717) is 16.9 Å². The van der Waals surface area contributed by atoms with Gasteiger partial charge in [0.1, 0.15) is 0 Å². The molecule has 1 heterocycles. The second-order valence-electron chi connectivity index (χ2n) is 6.37.